The second kappa shape index (κ2) is 9.52. The monoisotopic (exact) mass is 338 g/mol. The number of ether oxygens (including phenoxy) is 1. The summed E-state index contributed by atoms with van der Waals surface area (Å²) < 4.78 is 5.30. The van der Waals surface area contributed by atoms with Crippen LogP contribution in [0.1, 0.15) is 38.5 Å². The van der Waals surface area contributed by atoms with Crippen molar-refractivity contribution in [2.45, 2.75) is 38.5 Å². The largest absolute Gasteiger partial charge is 0.426 e. The molecule has 0 atom stereocenters. The summed E-state index contributed by atoms with van der Waals surface area (Å²) in [5, 5.41) is 2.07. The molecule has 0 aliphatic carbocycles. The molecule has 2 aromatic rings. The van der Waals surface area contributed by atoms with E-state index in [2.05, 4.69) is 6.58 Å². The number of esters is 1. The lowest BCUT2D eigenvalue weighted by Gasteiger charge is -2.05. The number of rotatable bonds is 10. The van der Waals surface area contributed by atoms with Crippen molar-refractivity contribution in [3.8, 4) is 5.75 Å². The van der Waals surface area contributed by atoms with E-state index in [1.165, 1.54) is 6.08 Å². The molecule has 4 nitrogen and oxygen atoms in total. The van der Waals surface area contributed by atoms with Crippen molar-refractivity contribution in [1.29, 1.82) is 0 Å². The van der Waals surface area contributed by atoms with Crippen LogP contribution < -0.4 is 4.74 Å². The number of benzene rings is 2. The van der Waals surface area contributed by atoms with Gasteiger partial charge in [0.15, 0.2) is 5.78 Å². The van der Waals surface area contributed by atoms with Crippen molar-refractivity contribution in [3.05, 3.63) is 55.1 Å². The summed E-state index contributed by atoms with van der Waals surface area (Å²) in [4.78, 5) is 34.7. The molecule has 0 aliphatic rings. The molecule has 25 heavy (non-hydrogen) atoms. The van der Waals surface area contributed by atoms with Crippen LogP contribution in [-0.4, -0.2) is 17.5 Å². The Bertz CT molecular complexity index is 776. The zero-order valence-electron chi connectivity index (χ0n) is 14.2. The third-order valence-corrected chi connectivity index (χ3v) is 3.92. The topological polar surface area (TPSA) is 60.4 Å². The Labute approximate surface area is 147 Å². The lowest BCUT2D eigenvalue weighted by Crippen LogP contribution is -2.10. The number of allylic oxidation sites excluding steroid dienone is 1. The standard InChI is InChI=1S/C21H22O4/c1-2-18(22)9-5-6-10-19(23)12-14-21(24)25-20-13-11-16-7-3-4-8-17(16)15-20/h2-4,7-8,11,13,15H,1,5-6,9-10,12,14H2. The molecule has 130 valence electrons. The highest BCUT2D eigenvalue weighted by Gasteiger charge is 2.10. The van der Waals surface area contributed by atoms with Gasteiger partial charge in [0.25, 0.3) is 0 Å². The maximum atomic E-state index is 11.9. The first kappa shape index (κ1) is 18.6. The maximum absolute atomic E-state index is 11.9. The summed E-state index contributed by atoms with van der Waals surface area (Å²) in [6.07, 6.45) is 3.65. The quantitative estimate of drug-likeness (QED) is 0.279. The van der Waals surface area contributed by atoms with E-state index in [0.717, 1.165) is 10.8 Å². The van der Waals surface area contributed by atoms with Crippen molar-refractivity contribution >= 4 is 28.3 Å². The highest BCUT2D eigenvalue weighted by atomic mass is 16.5. The Kier molecular flexibility index (Phi) is 7.08. The number of hydrogen-bond acceptors (Lipinski definition) is 4. The van der Waals surface area contributed by atoms with E-state index < -0.39 is 5.97 Å². The minimum absolute atomic E-state index is 0.00795. The molecule has 0 amide bonds. The Morgan fingerprint density at radius 3 is 2.36 bits per heavy atom. The number of carbonyl (C=O) groups excluding carboxylic acids is 3. The normalized spacial score (nSPS) is 10.4. The van der Waals surface area contributed by atoms with E-state index in [-0.39, 0.29) is 24.4 Å². The van der Waals surface area contributed by atoms with Crippen molar-refractivity contribution in [1.82, 2.24) is 0 Å². The summed E-state index contributed by atoms with van der Waals surface area (Å²) in [6.45, 7) is 3.41. The first-order valence-electron chi connectivity index (χ1n) is 8.45. The molecule has 0 N–H and O–H groups in total. The van der Waals surface area contributed by atoms with Crippen molar-refractivity contribution < 1.29 is 19.1 Å². The molecule has 0 aliphatic heterocycles. The number of Topliss-reactive ketones (excluding diaryl/α,β-unsaturated/α-hetero) is 1. The number of fused-ring (bicyclic) bond motifs is 1. The number of unbranched alkanes of at least 4 members (excludes halogenated alkanes) is 1. The van der Waals surface area contributed by atoms with Gasteiger partial charge in [-0.1, -0.05) is 36.9 Å². The fourth-order valence-corrected chi connectivity index (χ4v) is 2.50. The number of ketones is 2. The highest BCUT2D eigenvalue weighted by molar-refractivity contribution is 5.89. The minimum atomic E-state index is -0.412. The van der Waals surface area contributed by atoms with Crippen LogP contribution in [0.3, 0.4) is 0 Å². The fraction of sp³-hybridized carbons (Fsp3) is 0.286. The van der Waals surface area contributed by atoms with E-state index in [1.54, 1.807) is 6.07 Å². The van der Waals surface area contributed by atoms with Gasteiger partial charge < -0.3 is 4.74 Å². The molecule has 0 aromatic heterocycles. The second-order valence-electron chi connectivity index (χ2n) is 5.90. The predicted octanol–water partition coefficient (Wildman–Crippen LogP) is 4.41. The minimum Gasteiger partial charge on any atom is -0.426 e. The zero-order valence-corrected chi connectivity index (χ0v) is 14.2. The first-order valence-corrected chi connectivity index (χ1v) is 8.45. The van der Waals surface area contributed by atoms with Gasteiger partial charge in [-0.05, 0) is 41.8 Å². The third kappa shape index (κ3) is 6.34. The molecule has 0 radical (unpaired) electrons. The lowest BCUT2D eigenvalue weighted by molar-refractivity contribution is -0.136. The molecule has 0 fully saturated rings. The van der Waals surface area contributed by atoms with Gasteiger partial charge >= 0.3 is 5.97 Å². The van der Waals surface area contributed by atoms with Gasteiger partial charge in [0.05, 0.1) is 6.42 Å². The molecular weight excluding hydrogens is 316 g/mol. The van der Waals surface area contributed by atoms with Crippen LogP contribution in [0.2, 0.25) is 0 Å². The zero-order chi connectivity index (χ0) is 18.1. The van der Waals surface area contributed by atoms with Gasteiger partial charge in [-0.2, -0.15) is 0 Å². The average molecular weight is 338 g/mol. The Balaban J connectivity index is 1.71. The van der Waals surface area contributed by atoms with E-state index in [4.69, 9.17) is 4.74 Å². The van der Waals surface area contributed by atoms with Crippen molar-refractivity contribution in [2.75, 3.05) is 0 Å². The van der Waals surface area contributed by atoms with E-state index in [0.29, 0.717) is 31.4 Å². The maximum Gasteiger partial charge on any atom is 0.311 e. The summed E-state index contributed by atoms with van der Waals surface area (Å²) in [5.74, 6) is 0.0810. The molecule has 0 saturated carbocycles. The lowest BCUT2D eigenvalue weighted by atomic mass is 10.1. The van der Waals surface area contributed by atoms with Crippen LogP contribution in [0.4, 0.5) is 0 Å². The van der Waals surface area contributed by atoms with Crippen LogP contribution in [0.5, 0.6) is 5.75 Å². The van der Waals surface area contributed by atoms with Crippen LogP contribution in [0.25, 0.3) is 10.8 Å². The molecular formula is C21H22O4. The first-order chi connectivity index (χ1) is 12.1. The summed E-state index contributed by atoms with van der Waals surface area (Å²) >= 11 is 0. The number of carbonyl (C=O) groups is 3. The van der Waals surface area contributed by atoms with Gasteiger partial charge in [0.2, 0.25) is 0 Å². The van der Waals surface area contributed by atoms with Gasteiger partial charge in [-0.25, -0.2) is 0 Å². The Morgan fingerprint density at radius 2 is 1.60 bits per heavy atom. The van der Waals surface area contributed by atoms with Crippen molar-refractivity contribution in [2.24, 2.45) is 0 Å². The molecule has 2 rings (SSSR count). The van der Waals surface area contributed by atoms with Crippen LogP contribution in [-0.2, 0) is 14.4 Å². The van der Waals surface area contributed by atoms with Gasteiger partial charge in [-0.3, -0.25) is 14.4 Å². The smallest absolute Gasteiger partial charge is 0.311 e. The number of hydrogen-bond donors (Lipinski definition) is 0. The van der Waals surface area contributed by atoms with Gasteiger partial charge in [-0.15, -0.1) is 0 Å². The SMILES string of the molecule is C=CC(=O)CCCCC(=O)CCC(=O)Oc1ccc2ccccc2c1. The summed E-state index contributed by atoms with van der Waals surface area (Å²) in [5.41, 5.74) is 0. The van der Waals surface area contributed by atoms with Crippen molar-refractivity contribution in [3.63, 3.8) is 0 Å². The van der Waals surface area contributed by atoms with Gasteiger partial charge in [0, 0.05) is 19.3 Å². The van der Waals surface area contributed by atoms with E-state index in [1.807, 2.05) is 36.4 Å². The molecule has 0 spiro atoms. The summed E-state index contributed by atoms with van der Waals surface area (Å²) in [6, 6.07) is 13.3. The van der Waals surface area contributed by atoms with Crippen LogP contribution in [0, 0.1) is 0 Å². The van der Waals surface area contributed by atoms with Crippen LogP contribution >= 0.6 is 0 Å². The predicted molar refractivity (Wildman–Crippen MR) is 97.5 cm³/mol. The molecule has 0 saturated heterocycles. The third-order valence-electron chi connectivity index (χ3n) is 3.92. The fourth-order valence-electron chi connectivity index (χ4n) is 2.50. The second-order valence-corrected chi connectivity index (χ2v) is 5.90. The summed E-state index contributed by atoms with van der Waals surface area (Å²) in [7, 11) is 0. The molecule has 4 heteroatoms. The van der Waals surface area contributed by atoms with E-state index >= 15 is 0 Å². The molecule has 0 heterocycles. The average Bonchev–Trinajstić information content (AvgIpc) is 2.63. The highest BCUT2D eigenvalue weighted by Crippen LogP contribution is 2.21. The molecule has 0 bridgehead atoms. The Morgan fingerprint density at radius 1 is 0.880 bits per heavy atom. The van der Waals surface area contributed by atoms with Gasteiger partial charge in [0.1, 0.15) is 11.5 Å². The molecule has 0 unspecified atom stereocenters. The van der Waals surface area contributed by atoms with Crippen LogP contribution in [0.15, 0.2) is 55.1 Å². The molecule has 2 aromatic carbocycles. The Hall–Kier alpha value is -2.75. The van der Waals surface area contributed by atoms with E-state index in [9.17, 15) is 14.4 Å².